The standard InChI is InChI=1S/C13H17N3O2S/c1-4-16(13-14-9-15-19-13)8-10-5-6-11(17-2)12(7-10)18-3/h5-7,9H,4,8H2,1-3H3. The minimum Gasteiger partial charge on any atom is -0.493 e. The van der Waals surface area contributed by atoms with Gasteiger partial charge in [0.15, 0.2) is 11.5 Å². The molecule has 1 heterocycles. The van der Waals surface area contributed by atoms with Crippen molar-refractivity contribution in [2.75, 3.05) is 25.7 Å². The Morgan fingerprint density at radius 3 is 2.58 bits per heavy atom. The molecule has 0 radical (unpaired) electrons. The first kappa shape index (κ1) is 13.6. The molecule has 0 unspecified atom stereocenters. The van der Waals surface area contributed by atoms with Gasteiger partial charge in [0.05, 0.1) is 14.2 Å². The van der Waals surface area contributed by atoms with Gasteiger partial charge in [-0.1, -0.05) is 6.07 Å². The van der Waals surface area contributed by atoms with E-state index in [1.165, 1.54) is 11.5 Å². The van der Waals surface area contributed by atoms with Gasteiger partial charge in [0.25, 0.3) is 0 Å². The molecule has 0 bridgehead atoms. The predicted octanol–water partition coefficient (Wildman–Crippen LogP) is 2.58. The fourth-order valence-electron chi connectivity index (χ4n) is 1.82. The maximum Gasteiger partial charge on any atom is 0.205 e. The lowest BCUT2D eigenvalue weighted by Crippen LogP contribution is -2.21. The highest BCUT2D eigenvalue weighted by atomic mass is 32.1. The minimum atomic E-state index is 0.741. The third-order valence-electron chi connectivity index (χ3n) is 2.82. The van der Waals surface area contributed by atoms with E-state index in [-0.39, 0.29) is 0 Å². The summed E-state index contributed by atoms with van der Waals surface area (Å²) in [7, 11) is 3.28. The summed E-state index contributed by atoms with van der Waals surface area (Å²) in [5.41, 5.74) is 1.15. The van der Waals surface area contributed by atoms with Gasteiger partial charge in [-0.3, -0.25) is 0 Å². The van der Waals surface area contributed by atoms with E-state index in [9.17, 15) is 0 Å². The third kappa shape index (κ3) is 3.14. The van der Waals surface area contributed by atoms with Crippen LogP contribution in [-0.2, 0) is 6.54 Å². The first-order valence-electron chi connectivity index (χ1n) is 6.01. The van der Waals surface area contributed by atoms with Crippen molar-refractivity contribution in [1.29, 1.82) is 0 Å². The van der Waals surface area contributed by atoms with E-state index >= 15 is 0 Å². The molecule has 0 aliphatic heterocycles. The van der Waals surface area contributed by atoms with Gasteiger partial charge in [0.1, 0.15) is 6.33 Å². The van der Waals surface area contributed by atoms with Crippen LogP contribution in [0.2, 0.25) is 0 Å². The first-order valence-corrected chi connectivity index (χ1v) is 6.78. The van der Waals surface area contributed by atoms with E-state index in [4.69, 9.17) is 9.47 Å². The molecular formula is C13H17N3O2S. The van der Waals surface area contributed by atoms with Crippen LogP contribution in [0.25, 0.3) is 0 Å². The van der Waals surface area contributed by atoms with Crippen molar-refractivity contribution in [3.8, 4) is 11.5 Å². The van der Waals surface area contributed by atoms with E-state index in [1.807, 2.05) is 18.2 Å². The quantitative estimate of drug-likeness (QED) is 0.813. The van der Waals surface area contributed by atoms with Gasteiger partial charge < -0.3 is 14.4 Å². The molecule has 1 aromatic carbocycles. The average molecular weight is 279 g/mol. The summed E-state index contributed by atoms with van der Waals surface area (Å²) in [5, 5.41) is 0.928. The second-order valence-corrected chi connectivity index (χ2v) is 4.69. The summed E-state index contributed by atoms with van der Waals surface area (Å²) in [5.74, 6) is 1.48. The van der Waals surface area contributed by atoms with Gasteiger partial charge in [-0.25, -0.2) is 4.98 Å². The van der Waals surface area contributed by atoms with Gasteiger partial charge in [-0.05, 0) is 24.6 Å². The Morgan fingerprint density at radius 2 is 2.00 bits per heavy atom. The molecule has 0 N–H and O–H groups in total. The van der Waals surface area contributed by atoms with E-state index in [0.29, 0.717) is 0 Å². The molecule has 1 aromatic heterocycles. The molecule has 0 aliphatic rings. The molecule has 2 rings (SSSR count). The van der Waals surface area contributed by atoms with Crippen molar-refractivity contribution >= 4 is 16.7 Å². The monoisotopic (exact) mass is 279 g/mol. The lowest BCUT2D eigenvalue weighted by Gasteiger charge is -2.20. The summed E-state index contributed by atoms with van der Waals surface area (Å²) in [6, 6.07) is 5.94. The Kier molecular flexibility index (Phi) is 4.57. The van der Waals surface area contributed by atoms with Crippen molar-refractivity contribution in [2.45, 2.75) is 13.5 Å². The molecule has 6 heteroatoms. The van der Waals surface area contributed by atoms with Crippen LogP contribution >= 0.6 is 11.5 Å². The van der Waals surface area contributed by atoms with Crippen LogP contribution < -0.4 is 14.4 Å². The van der Waals surface area contributed by atoms with E-state index < -0.39 is 0 Å². The molecule has 0 saturated carbocycles. The summed E-state index contributed by atoms with van der Waals surface area (Å²) in [6.07, 6.45) is 1.58. The number of hydrogen-bond acceptors (Lipinski definition) is 6. The van der Waals surface area contributed by atoms with E-state index in [0.717, 1.165) is 35.3 Å². The van der Waals surface area contributed by atoms with Crippen LogP contribution in [0.4, 0.5) is 5.13 Å². The van der Waals surface area contributed by atoms with Gasteiger partial charge in [-0.2, -0.15) is 4.37 Å². The van der Waals surface area contributed by atoms with Crippen LogP contribution in [0.5, 0.6) is 11.5 Å². The molecule has 102 valence electrons. The van der Waals surface area contributed by atoms with Crippen molar-refractivity contribution in [3.63, 3.8) is 0 Å². The summed E-state index contributed by atoms with van der Waals surface area (Å²) < 4.78 is 14.6. The molecule has 0 spiro atoms. The Labute approximate surface area is 117 Å². The Morgan fingerprint density at radius 1 is 1.21 bits per heavy atom. The smallest absolute Gasteiger partial charge is 0.205 e. The van der Waals surface area contributed by atoms with Crippen molar-refractivity contribution < 1.29 is 9.47 Å². The molecule has 0 aliphatic carbocycles. The summed E-state index contributed by atoms with van der Waals surface area (Å²) in [4.78, 5) is 6.40. The van der Waals surface area contributed by atoms with Gasteiger partial charge >= 0.3 is 0 Å². The van der Waals surface area contributed by atoms with Crippen LogP contribution in [0.3, 0.4) is 0 Å². The van der Waals surface area contributed by atoms with E-state index in [2.05, 4.69) is 21.2 Å². The molecule has 0 amide bonds. The third-order valence-corrected chi connectivity index (χ3v) is 3.55. The zero-order valence-electron chi connectivity index (χ0n) is 11.3. The highest BCUT2D eigenvalue weighted by Gasteiger charge is 2.10. The fraction of sp³-hybridized carbons (Fsp3) is 0.385. The second kappa shape index (κ2) is 6.38. The van der Waals surface area contributed by atoms with Crippen LogP contribution in [0.1, 0.15) is 12.5 Å². The zero-order chi connectivity index (χ0) is 13.7. The molecule has 19 heavy (non-hydrogen) atoms. The number of methoxy groups -OCH3 is 2. The SMILES string of the molecule is CCN(Cc1ccc(OC)c(OC)c1)c1ncns1. The normalized spacial score (nSPS) is 10.3. The number of ether oxygens (including phenoxy) is 2. The van der Waals surface area contributed by atoms with Gasteiger partial charge in [0, 0.05) is 24.6 Å². The lowest BCUT2D eigenvalue weighted by molar-refractivity contribution is 0.354. The lowest BCUT2D eigenvalue weighted by atomic mass is 10.2. The molecule has 0 atom stereocenters. The van der Waals surface area contributed by atoms with Crippen LogP contribution in [0, 0.1) is 0 Å². The Hall–Kier alpha value is -1.82. The highest BCUT2D eigenvalue weighted by Crippen LogP contribution is 2.28. The number of rotatable bonds is 6. The Bertz CT molecular complexity index is 517. The van der Waals surface area contributed by atoms with E-state index in [1.54, 1.807) is 20.5 Å². The van der Waals surface area contributed by atoms with Crippen molar-refractivity contribution in [1.82, 2.24) is 9.36 Å². The fourth-order valence-corrected chi connectivity index (χ4v) is 2.41. The zero-order valence-corrected chi connectivity index (χ0v) is 12.1. The van der Waals surface area contributed by atoms with Gasteiger partial charge in [-0.15, -0.1) is 0 Å². The topological polar surface area (TPSA) is 47.5 Å². The highest BCUT2D eigenvalue weighted by molar-refractivity contribution is 7.09. The number of benzene rings is 1. The second-order valence-electron chi connectivity index (χ2n) is 3.93. The summed E-state index contributed by atoms with van der Waals surface area (Å²) in [6.45, 7) is 3.75. The number of aromatic nitrogens is 2. The predicted molar refractivity (Wildman–Crippen MR) is 76.2 cm³/mol. The molecule has 0 saturated heterocycles. The van der Waals surface area contributed by atoms with Crippen molar-refractivity contribution in [2.24, 2.45) is 0 Å². The van der Waals surface area contributed by atoms with Crippen molar-refractivity contribution in [3.05, 3.63) is 30.1 Å². The molecule has 2 aromatic rings. The average Bonchev–Trinajstić information content (AvgIpc) is 2.98. The van der Waals surface area contributed by atoms with Crippen LogP contribution in [-0.4, -0.2) is 30.1 Å². The van der Waals surface area contributed by atoms with Crippen LogP contribution in [0.15, 0.2) is 24.5 Å². The molecular weight excluding hydrogens is 262 g/mol. The summed E-state index contributed by atoms with van der Waals surface area (Å²) >= 11 is 1.40. The maximum atomic E-state index is 5.31. The largest absolute Gasteiger partial charge is 0.493 e. The number of hydrogen-bond donors (Lipinski definition) is 0. The number of anilines is 1. The molecule has 0 fully saturated rings. The first-order chi connectivity index (χ1) is 9.28. The Balaban J connectivity index is 2.18. The maximum absolute atomic E-state index is 5.31. The van der Waals surface area contributed by atoms with Gasteiger partial charge in [0.2, 0.25) is 5.13 Å². The minimum absolute atomic E-state index is 0.741. The number of nitrogens with zero attached hydrogens (tertiary/aromatic N) is 3. The molecule has 5 nitrogen and oxygen atoms in total.